The van der Waals surface area contributed by atoms with Gasteiger partial charge >= 0.3 is 0 Å². The van der Waals surface area contributed by atoms with E-state index in [2.05, 4.69) is 10.5 Å². The molecule has 126 valence electrons. The lowest BCUT2D eigenvalue weighted by atomic mass is 9.95. The molecule has 0 saturated heterocycles. The van der Waals surface area contributed by atoms with Crippen molar-refractivity contribution in [3.63, 3.8) is 0 Å². The summed E-state index contributed by atoms with van der Waals surface area (Å²) in [7, 11) is 0. The van der Waals surface area contributed by atoms with Crippen LogP contribution in [0.4, 0.5) is 0 Å². The quantitative estimate of drug-likeness (QED) is 0.900. The van der Waals surface area contributed by atoms with Gasteiger partial charge in [-0.1, -0.05) is 36.6 Å². The molecule has 1 fully saturated rings. The minimum Gasteiger partial charge on any atom is -0.478 e. The lowest BCUT2D eigenvalue weighted by Gasteiger charge is -2.23. The molecule has 1 aliphatic carbocycles. The second kappa shape index (κ2) is 7.82. The summed E-state index contributed by atoms with van der Waals surface area (Å²) >= 11 is 0. The van der Waals surface area contributed by atoms with Gasteiger partial charge in [0.25, 0.3) is 5.91 Å². The van der Waals surface area contributed by atoms with E-state index in [1.807, 2.05) is 24.3 Å². The van der Waals surface area contributed by atoms with Gasteiger partial charge < -0.3 is 14.9 Å². The molecule has 1 aliphatic heterocycles. The maximum Gasteiger partial charge on any atom is 0.264 e. The highest BCUT2D eigenvalue weighted by Gasteiger charge is 2.31. The lowest BCUT2D eigenvalue weighted by Crippen LogP contribution is -2.42. The van der Waals surface area contributed by atoms with Gasteiger partial charge in [0.05, 0.1) is 5.71 Å². The maximum absolute atomic E-state index is 12.4. The molecule has 3 rings (SSSR count). The molecule has 1 unspecified atom stereocenters. The third kappa shape index (κ3) is 3.85. The molecule has 1 aromatic carbocycles. The van der Waals surface area contributed by atoms with E-state index in [0.717, 1.165) is 18.4 Å². The highest BCUT2D eigenvalue weighted by Crippen LogP contribution is 2.25. The second-order valence-corrected chi connectivity index (χ2v) is 6.12. The van der Waals surface area contributed by atoms with E-state index < -0.39 is 6.10 Å². The van der Waals surface area contributed by atoms with Crippen molar-refractivity contribution in [1.29, 1.82) is 5.26 Å². The zero-order valence-corrected chi connectivity index (χ0v) is 13.5. The van der Waals surface area contributed by atoms with Crippen LogP contribution in [0.2, 0.25) is 0 Å². The molecule has 0 aromatic heterocycles. The number of rotatable bonds is 5. The zero-order chi connectivity index (χ0) is 16.8. The number of hydrogen-bond donors (Lipinski definition) is 1. The molecule has 1 aromatic rings. The molecule has 1 N–H and O–H groups in total. The molecule has 1 amide bonds. The summed E-state index contributed by atoms with van der Waals surface area (Å²) in [4.78, 5) is 17.7. The molecule has 1 heterocycles. The lowest BCUT2D eigenvalue weighted by molar-refractivity contribution is -0.132. The number of ether oxygens (including phenoxy) is 1. The second-order valence-electron chi connectivity index (χ2n) is 6.12. The summed E-state index contributed by atoms with van der Waals surface area (Å²) in [5, 5.41) is 15.8. The normalized spacial score (nSPS) is 20.6. The van der Waals surface area contributed by atoms with Crippen molar-refractivity contribution in [2.45, 2.75) is 50.7 Å². The number of benzene rings is 1. The highest BCUT2D eigenvalue weighted by molar-refractivity contribution is 6.05. The summed E-state index contributed by atoms with van der Waals surface area (Å²) in [6.45, 7) is -0.0310. The van der Waals surface area contributed by atoms with Crippen LogP contribution in [0.15, 0.2) is 29.4 Å². The predicted octanol–water partition coefficient (Wildman–Crippen LogP) is 2.53. The monoisotopic (exact) mass is 327 g/mol. The van der Waals surface area contributed by atoms with Crippen LogP contribution in [0.25, 0.3) is 0 Å². The maximum atomic E-state index is 12.4. The number of nitrogens with one attached hydrogen (secondary N) is 1. The number of hydrogen-bond acceptors (Lipinski definition) is 5. The average molecular weight is 327 g/mol. The standard InChI is InChI=1S/C18H21N3O3/c19-10-11-23-16-9-5-4-8-14(16)15-12-17(24-21-15)18(22)20-13-6-2-1-3-7-13/h4-5,8-9,13,17H,1-3,6-7,11-12H2,(H,20,22). The number of oxime groups is 1. The first-order valence-corrected chi connectivity index (χ1v) is 8.40. The molecular weight excluding hydrogens is 306 g/mol. The first-order valence-electron chi connectivity index (χ1n) is 8.40. The number of para-hydroxylation sites is 1. The van der Waals surface area contributed by atoms with Crippen LogP contribution < -0.4 is 10.1 Å². The van der Waals surface area contributed by atoms with Crippen molar-refractivity contribution in [2.75, 3.05) is 6.61 Å². The topological polar surface area (TPSA) is 83.7 Å². The SMILES string of the molecule is N#CCOc1ccccc1C1=NOC(C(=O)NC2CCCCC2)C1. The zero-order valence-electron chi connectivity index (χ0n) is 13.5. The summed E-state index contributed by atoms with van der Waals surface area (Å²) in [5.74, 6) is 0.478. The molecule has 24 heavy (non-hydrogen) atoms. The van der Waals surface area contributed by atoms with Gasteiger partial charge in [-0.15, -0.1) is 0 Å². The van der Waals surface area contributed by atoms with E-state index in [4.69, 9.17) is 14.8 Å². The van der Waals surface area contributed by atoms with E-state index in [-0.39, 0.29) is 18.6 Å². The molecule has 2 aliphatic rings. The van der Waals surface area contributed by atoms with Crippen LogP contribution in [0.5, 0.6) is 5.75 Å². The molecule has 6 heteroatoms. The van der Waals surface area contributed by atoms with Crippen LogP contribution in [0.3, 0.4) is 0 Å². The van der Waals surface area contributed by atoms with Gasteiger partial charge in [-0.3, -0.25) is 4.79 Å². The Labute approximate surface area is 141 Å². The number of nitriles is 1. The Kier molecular flexibility index (Phi) is 5.32. The molecule has 1 saturated carbocycles. The molecule has 6 nitrogen and oxygen atoms in total. The largest absolute Gasteiger partial charge is 0.478 e. The van der Waals surface area contributed by atoms with E-state index in [1.165, 1.54) is 19.3 Å². The van der Waals surface area contributed by atoms with E-state index in [9.17, 15) is 4.79 Å². The van der Waals surface area contributed by atoms with Crippen molar-refractivity contribution in [3.8, 4) is 11.8 Å². The highest BCUT2D eigenvalue weighted by atomic mass is 16.6. The third-order valence-corrected chi connectivity index (χ3v) is 4.40. The molecule has 1 atom stereocenters. The van der Waals surface area contributed by atoms with Crippen molar-refractivity contribution >= 4 is 11.6 Å². The van der Waals surface area contributed by atoms with Gasteiger partial charge in [-0.05, 0) is 25.0 Å². The van der Waals surface area contributed by atoms with Crippen molar-refractivity contribution in [2.24, 2.45) is 5.16 Å². The van der Waals surface area contributed by atoms with Gasteiger partial charge in [0.2, 0.25) is 6.10 Å². The number of nitrogens with zero attached hydrogens (tertiary/aromatic N) is 2. The molecule has 0 radical (unpaired) electrons. The Hall–Kier alpha value is -2.55. The van der Waals surface area contributed by atoms with Gasteiger partial charge in [-0.25, -0.2) is 0 Å². The first-order chi connectivity index (χ1) is 11.8. The Bertz CT molecular complexity index is 660. The van der Waals surface area contributed by atoms with E-state index in [0.29, 0.717) is 17.9 Å². The van der Waals surface area contributed by atoms with Gasteiger partial charge in [0.15, 0.2) is 6.61 Å². The first kappa shape index (κ1) is 16.3. The smallest absolute Gasteiger partial charge is 0.264 e. The predicted molar refractivity (Wildman–Crippen MR) is 88.6 cm³/mol. The van der Waals surface area contributed by atoms with Crippen molar-refractivity contribution in [1.82, 2.24) is 5.32 Å². The van der Waals surface area contributed by atoms with E-state index >= 15 is 0 Å². The van der Waals surface area contributed by atoms with Crippen LogP contribution in [0.1, 0.15) is 44.1 Å². The Balaban J connectivity index is 1.60. The average Bonchev–Trinajstić information content (AvgIpc) is 3.11. The van der Waals surface area contributed by atoms with Crippen LogP contribution in [-0.4, -0.2) is 30.4 Å². The Morgan fingerprint density at radius 3 is 2.92 bits per heavy atom. The Morgan fingerprint density at radius 1 is 1.33 bits per heavy atom. The third-order valence-electron chi connectivity index (χ3n) is 4.40. The van der Waals surface area contributed by atoms with Crippen molar-refractivity contribution in [3.05, 3.63) is 29.8 Å². The summed E-state index contributed by atoms with van der Waals surface area (Å²) < 4.78 is 5.42. The number of carbonyl (C=O) groups is 1. The van der Waals surface area contributed by atoms with Crippen molar-refractivity contribution < 1.29 is 14.4 Å². The minimum atomic E-state index is -0.592. The summed E-state index contributed by atoms with van der Waals surface area (Å²) in [6, 6.07) is 9.54. The van der Waals surface area contributed by atoms with Crippen LogP contribution in [0, 0.1) is 11.3 Å². The Morgan fingerprint density at radius 2 is 2.12 bits per heavy atom. The fraction of sp³-hybridized carbons (Fsp3) is 0.500. The van der Waals surface area contributed by atoms with Gasteiger partial charge in [-0.2, -0.15) is 5.26 Å². The number of amides is 1. The fourth-order valence-electron chi connectivity index (χ4n) is 3.16. The van der Waals surface area contributed by atoms with Crippen LogP contribution in [-0.2, 0) is 9.63 Å². The molecular formula is C18H21N3O3. The fourth-order valence-corrected chi connectivity index (χ4v) is 3.16. The van der Waals surface area contributed by atoms with E-state index in [1.54, 1.807) is 6.07 Å². The van der Waals surface area contributed by atoms with Gasteiger partial charge in [0.1, 0.15) is 11.8 Å². The molecule has 0 spiro atoms. The summed E-state index contributed by atoms with van der Waals surface area (Å²) in [6.07, 6.45) is 5.48. The summed E-state index contributed by atoms with van der Waals surface area (Å²) in [5.41, 5.74) is 1.44. The van der Waals surface area contributed by atoms with Crippen LogP contribution >= 0.6 is 0 Å². The van der Waals surface area contributed by atoms with Gasteiger partial charge in [0, 0.05) is 18.0 Å². The number of carbonyl (C=O) groups excluding carboxylic acids is 1. The minimum absolute atomic E-state index is 0.0310. The molecule has 0 bridgehead atoms.